The quantitative estimate of drug-likeness (QED) is 0.483. The Balaban J connectivity index is 1.37. The van der Waals surface area contributed by atoms with E-state index in [1.165, 1.54) is 0 Å². The summed E-state index contributed by atoms with van der Waals surface area (Å²) >= 11 is 0. The molecule has 1 N–H and O–H groups in total. The van der Waals surface area contributed by atoms with Crippen molar-refractivity contribution in [1.29, 1.82) is 0 Å². The molecule has 0 aliphatic carbocycles. The first-order valence-electron chi connectivity index (χ1n) is 8.47. The molecule has 0 saturated carbocycles. The van der Waals surface area contributed by atoms with Crippen molar-refractivity contribution < 1.29 is 28.0 Å². The average molecular weight is 360 g/mol. The van der Waals surface area contributed by atoms with Gasteiger partial charge in [-0.05, 0) is 23.3 Å². The fourth-order valence-corrected chi connectivity index (χ4v) is 3.21. The van der Waals surface area contributed by atoms with Crippen LogP contribution in [0.2, 0.25) is 0 Å². The molecule has 27 heavy (non-hydrogen) atoms. The molecule has 0 spiro atoms. The normalized spacial score (nSPS) is 13.6. The van der Waals surface area contributed by atoms with Gasteiger partial charge in [0, 0.05) is 16.1 Å². The van der Waals surface area contributed by atoms with Gasteiger partial charge in [-0.25, -0.2) is 0 Å². The Morgan fingerprint density at radius 1 is 0.889 bits per heavy atom. The van der Waals surface area contributed by atoms with Gasteiger partial charge < -0.3 is 14.0 Å². The van der Waals surface area contributed by atoms with E-state index >= 15 is 0 Å². The highest BCUT2D eigenvalue weighted by molar-refractivity contribution is 5.74. The summed E-state index contributed by atoms with van der Waals surface area (Å²) in [6.07, 6.45) is 10.8. The number of fused-ring (bicyclic) bond motifs is 3. The highest BCUT2D eigenvalue weighted by atomic mass is 16.7. The third kappa shape index (κ3) is 2.23. The maximum absolute atomic E-state index is 5.87. The Morgan fingerprint density at radius 3 is 2.56 bits per heavy atom. The van der Waals surface area contributed by atoms with E-state index in [0.29, 0.717) is 5.58 Å². The van der Waals surface area contributed by atoms with Crippen LogP contribution in [0.1, 0.15) is 6.41 Å². The van der Waals surface area contributed by atoms with Crippen molar-refractivity contribution in [3.8, 4) is 11.5 Å². The van der Waals surface area contributed by atoms with Gasteiger partial charge in [0.2, 0.25) is 18.0 Å². The Labute approximate surface area is 152 Å². The van der Waals surface area contributed by atoms with Gasteiger partial charge in [0.15, 0.2) is 23.9 Å². The number of aromatic amines is 1. The molecule has 0 bridgehead atoms. The van der Waals surface area contributed by atoms with Crippen LogP contribution in [0.25, 0.3) is 21.9 Å². The number of pyridine rings is 2. The second-order valence-corrected chi connectivity index (χ2v) is 6.31. The second kappa shape index (κ2) is 5.28. The van der Waals surface area contributed by atoms with Gasteiger partial charge in [0.05, 0.1) is 6.20 Å². The van der Waals surface area contributed by atoms with E-state index < -0.39 is 6.41 Å². The Hall–Kier alpha value is -3.94. The maximum Gasteiger partial charge on any atom is 0.468 e. The smallest absolute Gasteiger partial charge is 0.398 e. The number of H-pyrrole nitrogens is 1. The summed E-state index contributed by atoms with van der Waals surface area (Å²) < 4.78 is 20.7. The van der Waals surface area contributed by atoms with Crippen LogP contribution in [0.5, 0.6) is 11.5 Å². The summed E-state index contributed by atoms with van der Waals surface area (Å²) in [5, 5.41) is 9.15. The predicted octanol–water partition coefficient (Wildman–Crippen LogP) is 1.41. The van der Waals surface area contributed by atoms with Crippen molar-refractivity contribution in [3.05, 3.63) is 73.6 Å². The molecular weight excluding hydrogens is 346 g/mol. The first-order chi connectivity index (χ1) is 13.3. The summed E-state index contributed by atoms with van der Waals surface area (Å²) in [7, 11) is 0. The maximum atomic E-state index is 5.87. The molecule has 5 heterocycles. The fraction of sp³-hybridized carbons (Fsp3) is 0.0526. The van der Waals surface area contributed by atoms with Crippen LogP contribution in [0.15, 0.2) is 78.1 Å². The lowest BCUT2D eigenvalue weighted by atomic mass is 10.3. The van der Waals surface area contributed by atoms with Gasteiger partial charge >= 0.3 is 6.41 Å². The monoisotopic (exact) mass is 360 g/mol. The van der Waals surface area contributed by atoms with E-state index in [9.17, 15) is 0 Å². The molecule has 8 nitrogen and oxygen atoms in total. The van der Waals surface area contributed by atoms with Crippen LogP contribution in [-0.4, -0.2) is 10.3 Å². The molecule has 5 aromatic rings. The molecule has 0 atom stereocenters. The number of ether oxygens (including phenoxy) is 2. The van der Waals surface area contributed by atoms with Crippen molar-refractivity contribution >= 4 is 21.9 Å². The Kier molecular flexibility index (Phi) is 2.79. The highest BCUT2D eigenvalue weighted by Gasteiger charge is 2.33. The van der Waals surface area contributed by atoms with Crippen molar-refractivity contribution in [1.82, 2.24) is 10.3 Å². The third-order valence-electron chi connectivity index (χ3n) is 4.59. The molecule has 6 rings (SSSR count). The minimum atomic E-state index is -0.526. The number of para-hydroxylation sites is 2. The van der Waals surface area contributed by atoms with Crippen LogP contribution in [0, 0.1) is 0 Å². The minimum absolute atomic E-state index is 0.526. The number of nitrogens with zero attached hydrogens (tertiary/aromatic N) is 4. The first-order valence-corrected chi connectivity index (χ1v) is 8.47. The lowest BCUT2D eigenvalue weighted by Gasteiger charge is -2.02. The number of hydrogen-bond donors (Lipinski definition) is 1. The molecule has 0 amide bonds. The van der Waals surface area contributed by atoms with Crippen molar-refractivity contribution in [3.63, 3.8) is 0 Å². The van der Waals surface area contributed by atoms with Crippen molar-refractivity contribution in [2.24, 2.45) is 0 Å². The van der Waals surface area contributed by atoms with E-state index in [-0.39, 0.29) is 0 Å². The summed E-state index contributed by atoms with van der Waals surface area (Å²) in [6.45, 7) is 0. The Bertz CT molecular complexity index is 1280. The van der Waals surface area contributed by atoms with Crippen molar-refractivity contribution in [2.45, 2.75) is 6.41 Å². The van der Waals surface area contributed by atoms with Crippen LogP contribution in [-0.2, 0) is 0 Å². The van der Waals surface area contributed by atoms with E-state index in [2.05, 4.69) is 10.3 Å². The zero-order chi connectivity index (χ0) is 17.8. The number of hydrogen-bond acceptors (Lipinski definition) is 4. The molecule has 0 unspecified atom stereocenters. The van der Waals surface area contributed by atoms with Gasteiger partial charge in [-0.15, -0.1) is 4.57 Å². The van der Waals surface area contributed by atoms with Crippen LogP contribution in [0.4, 0.5) is 0 Å². The van der Waals surface area contributed by atoms with Gasteiger partial charge in [-0.1, -0.05) is 17.3 Å². The summed E-state index contributed by atoms with van der Waals surface area (Å²) in [4.78, 5) is 1.86. The SMILES string of the molecule is c1ccc2c(c1)OC([n+]1ccc3c[n+](-[n+]4ccc5cnoc5c4)[nH]c3c1)O2. The molecule has 1 aromatic carbocycles. The standard InChI is InChI=1S/C19H13N5O3/c1-2-4-17-16(3-1)25-19(26-17)22-7-5-14-10-24(21-15(14)11-22)23-8-6-13-9-20-27-18(13)12-23/h1-12,19H/q+2/p+1. The van der Waals surface area contributed by atoms with Gasteiger partial charge in [0.25, 0.3) is 11.7 Å². The molecule has 0 fully saturated rings. The number of nitrogens with one attached hydrogen (secondary N) is 1. The highest BCUT2D eigenvalue weighted by Crippen LogP contribution is 2.35. The number of aromatic nitrogens is 5. The fourth-order valence-electron chi connectivity index (χ4n) is 3.21. The minimum Gasteiger partial charge on any atom is -0.398 e. The van der Waals surface area contributed by atoms with E-state index in [0.717, 1.165) is 27.8 Å². The lowest BCUT2D eigenvalue weighted by molar-refractivity contribution is -1.32. The summed E-state index contributed by atoms with van der Waals surface area (Å²) in [6, 6.07) is 11.6. The third-order valence-corrected chi connectivity index (χ3v) is 4.59. The molecule has 8 heteroatoms. The van der Waals surface area contributed by atoms with Crippen LogP contribution in [0.3, 0.4) is 0 Å². The van der Waals surface area contributed by atoms with Gasteiger partial charge in [0.1, 0.15) is 10.2 Å². The zero-order valence-corrected chi connectivity index (χ0v) is 14.0. The van der Waals surface area contributed by atoms with E-state index in [1.807, 2.05) is 81.4 Å². The molecule has 1 aliphatic heterocycles. The summed E-state index contributed by atoms with van der Waals surface area (Å²) in [5.41, 5.74) is 1.65. The summed E-state index contributed by atoms with van der Waals surface area (Å²) in [5.74, 6) is 1.49. The number of rotatable bonds is 2. The van der Waals surface area contributed by atoms with Gasteiger partial charge in [-0.2, -0.15) is 0 Å². The molecule has 130 valence electrons. The Morgan fingerprint density at radius 2 is 1.70 bits per heavy atom. The second-order valence-electron chi connectivity index (χ2n) is 6.31. The zero-order valence-electron chi connectivity index (χ0n) is 14.0. The van der Waals surface area contributed by atoms with E-state index in [4.69, 9.17) is 14.0 Å². The molecule has 1 aliphatic rings. The molecule has 0 saturated heterocycles. The van der Waals surface area contributed by atoms with E-state index in [1.54, 1.807) is 6.20 Å². The predicted molar refractivity (Wildman–Crippen MR) is 90.4 cm³/mol. The van der Waals surface area contributed by atoms with Crippen LogP contribution >= 0.6 is 0 Å². The van der Waals surface area contributed by atoms with Gasteiger partial charge in [-0.3, -0.25) is 0 Å². The van der Waals surface area contributed by atoms with Crippen molar-refractivity contribution in [2.75, 3.05) is 0 Å². The lowest BCUT2D eigenvalue weighted by Crippen LogP contribution is -2.66. The molecule has 0 radical (unpaired) electrons. The molecule has 4 aromatic heterocycles. The molecular formula is C19H14N5O3+3. The van der Waals surface area contributed by atoms with Crippen LogP contribution < -0.4 is 23.5 Å². The largest absolute Gasteiger partial charge is 0.468 e. The first kappa shape index (κ1) is 14.3. The number of benzene rings is 1. The average Bonchev–Trinajstić information content (AvgIpc) is 3.42. The topological polar surface area (TPSA) is 71.9 Å².